The van der Waals surface area contributed by atoms with E-state index in [4.69, 9.17) is 9.47 Å². The minimum atomic E-state index is -0.302. The molecule has 0 radical (unpaired) electrons. The van der Waals surface area contributed by atoms with Crippen molar-refractivity contribution < 1.29 is 19.1 Å². The molecule has 0 unspecified atom stereocenters. The highest BCUT2D eigenvalue weighted by Crippen LogP contribution is 2.09. The standard InChI is InChI=1S/C24H47NO4/c1-3-5-7-9-11-13-15-17-19-28-23(26)21-25-22-24(27)29-20-18-16-14-12-10-8-6-4-2/h25H,3-22H2,1-2H3. The number of esters is 2. The first-order chi connectivity index (χ1) is 14.2. The number of hydrogen-bond donors (Lipinski definition) is 1. The molecule has 0 aliphatic rings. The van der Waals surface area contributed by atoms with E-state index in [-0.39, 0.29) is 25.0 Å². The van der Waals surface area contributed by atoms with Gasteiger partial charge in [-0.1, -0.05) is 104 Å². The van der Waals surface area contributed by atoms with Crippen LogP contribution < -0.4 is 5.32 Å². The molecule has 0 aliphatic heterocycles. The molecule has 0 saturated carbocycles. The summed E-state index contributed by atoms with van der Waals surface area (Å²) in [6, 6.07) is 0. The van der Waals surface area contributed by atoms with Crippen molar-refractivity contribution in [2.75, 3.05) is 26.3 Å². The maximum absolute atomic E-state index is 11.6. The molecule has 0 bridgehead atoms. The fourth-order valence-electron chi connectivity index (χ4n) is 3.21. The van der Waals surface area contributed by atoms with E-state index >= 15 is 0 Å². The van der Waals surface area contributed by atoms with Gasteiger partial charge in [0, 0.05) is 0 Å². The van der Waals surface area contributed by atoms with Crippen molar-refractivity contribution in [1.82, 2.24) is 5.32 Å². The molecule has 0 atom stereocenters. The Balaban J connectivity index is 3.31. The quantitative estimate of drug-likeness (QED) is 0.176. The number of hydrogen-bond acceptors (Lipinski definition) is 5. The second-order valence-corrected chi connectivity index (χ2v) is 7.99. The zero-order valence-electron chi connectivity index (χ0n) is 19.3. The van der Waals surface area contributed by atoms with Crippen molar-refractivity contribution in [3.05, 3.63) is 0 Å². The fourth-order valence-corrected chi connectivity index (χ4v) is 3.21. The summed E-state index contributed by atoms with van der Waals surface area (Å²) >= 11 is 0. The topological polar surface area (TPSA) is 64.6 Å². The lowest BCUT2D eigenvalue weighted by Crippen LogP contribution is -2.31. The molecule has 0 aliphatic carbocycles. The van der Waals surface area contributed by atoms with Crippen LogP contribution in [-0.2, 0) is 19.1 Å². The Morgan fingerprint density at radius 3 is 1.17 bits per heavy atom. The molecule has 0 fully saturated rings. The smallest absolute Gasteiger partial charge is 0.319 e. The van der Waals surface area contributed by atoms with Gasteiger partial charge in [0.25, 0.3) is 0 Å². The molecule has 0 aromatic heterocycles. The van der Waals surface area contributed by atoms with Crippen LogP contribution in [0, 0.1) is 0 Å². The number of ether oxygens (including phenoxy) is 2. The fraction of sp³-hybridized carbons (Fsp3) is 0.917. The van der Waals surface area contributed by atoms with Crippen molar-refractivity contribution in [2.24, 2.45) is 0 Å². The third kappa shape index (κ3) is 23.0. The average molecular weight is 414 g/mol. The third-order valence-corrected chi connectivity index (χ3v) is 5.06. The van der Waals surface area contributed by atoms with Crippen LogP contribution in [0.25, 0.3) is 0 Å². The monoisotopic (exact) mass is 413 g/mol. The highest BCUT2D eigenvalue weighted by Gasteiger charge is 2.06. The van der Waals surface area contributed by atoms with E-state index in [0.717, 1.165) is 25.7 Å². The molecular weight excluding hydrogens is 366 g/mol. The zero-order valence-corrected chi connectivity index (χ0v) is 19.3. The van der Waals surface area contributed by atoms with Crippen LogP contribution in [0.1, 0.15) is 117 Å². The summed E-state index contributed by atoms with van der Waals surface area (Å²) in [6.07, 6.45) is 19.5. The van der Waals surface area contributed by atoms with Gasteiger partial charge >= 0.3 is 11.9 Å². The first kappa shape index (κ1) is 27.9. The summed E-state index contributed by atoms with van der Waals surface area (Å²) in [5.41, 5.74) is 0. The molecule has 0 saturated heterocycles. The van der Waals surface area contributed by atoms with Gasteiger partial charge in [-0.15, -0.1) is 0 Å². The Morgan fingerprint density at radius 1 is 0.517 bits per heavy atom. The summed E-state index contributed by atoms with van der Waals surface area (Å²) in [7, 11) is 0. The summed E-state index contributed by atoms with van der Waals surface area (Å²) in [5.74, 6) is -0.604. The second-order valence-electron chi connectivity index (χ2n) is 7.99. The number of unbranched alkanes of at least 4 members (excludes halogenated alkanes) is 14. The molecule has 0 amide bonds. The SMILES string of the molecule is CCCCCCCCCCOC(=O)CNCC(=O)OCCCCCCCCCC. The number of nitrogens with one attached hydrogen (secondary N) is 1. The summed E-state index contributed by atoms with van der Waals surface area (Å²) < 4.78 is 10.4. The summed E-state index contributed by atoms with van der Waals surface area (Å²) in [6.45, 7) is 5.51. The van der Waals surface area contributed by atoms with Crippen molar-refractivity contribution in [3.8, 4) is 0 Å². The van der Waals surface area contributed by atoms with Gasteiger partial charge in [0.15, 0.2) is 0 Å². The first-order valence-corrected chi connectivity index (χ1v) is 12.2. The third-order valence-electron chi connectivity index (χ3n) is 5.06. The van der Waals surface area contributed by atoms with Crippen LogP contribution in [0.3, 0.4) is 0 Å². The van der Waals surface area contributed by atoms with Crippen molar-refractivity contribution in [3.63, 3.8) is 0 Å². The molecule has 172 valence electrons. The van der Waals surface area contributed by atoms with Gasteiger partial charge in [0.1, 0.15) is 0 Å². The Labute approximate surface area is 179 Å². The van der Waals surface area contributed by atoms with Crippen molar-refractivity contribution >= 4 is 11.9 Å². The van der Waals surface area contributed by atoms with E-state index in [1.165, 1.54) is 77.0 Å². The lowest BCUT2D eigenvalue weighted by Gasteiger charge is -2.07. The predicted octanol–water partition coefficient (Wildman–Crippen LogP) is 5.94. The molecule has 0 heterocycles. The number of carbonyl (C=O) groups is 2. The van der Waals surface area contributed by atoms with E-state index in [1.54, 1.807) is 0 Å². The van der Waals surface area contributed by atoms with E-state index < -0.39 is 0 Å². The van der Waals surface area contributed by atoms with Crippen molar-refractivity contribution in [1.29, 1.82) is 0 Å². The van der Waals surface area contributed by atoms with E-state index in [2.05, 4.69) is 19.2 Å². The Kier molecular flexibility index (Phi) is 22.3. The summed E-state index contributed by atoms with van der Waals surface area (Å²) in [5, 5.41) is 2.80. The van der Waals surface area contributed by atoms with E-state index in [9.17, 15) is 9.59 Å². The minimum absolute atomic E-state index is 0.0594. The lowest BCUT2D eigenvalue weighted by atomic mass is 10.1. The molecule has 0 rings (SSSR count). The van der Waals surface area contributed by atoms with Gasteiger partial charge in [-0.25, -0.2) is 0 Å². The molecule has 1 N–H and O–H groups in total. The molecule has 0 aromatic carbocycles. The Morgan fingerprint density at radius 2 is 0.828 bits per heavy atom. The maximum Gasteiger partial charge on any atom is 0.319 e. The highest BCUT2D eigenvalue weighted by molar-refractivity contribution is 5.74. The van der Waals surface area contributed by atoms with Crippen molar-refractivity contribution in [2.45, 2.75) is 117 Å². The molecule has 5 nitrogen and oxygen atoms in total. The molecular formula is C24H47NO4. The van der Waals surface area contributed by atoms with Gasteiger partial charge in [0.05, 0.1) is 26.3 Å². The average Bonchev–Trinajstić information content (AvgIpc) is 2.71. The van der Waals surface area contributed by atoms with Gasteiger partial charge in [-0.3, -0.25) is 14.9 Å². The van der Waals surface area contributed by atoms with E-state index in [0.29, 0.717) is 13.2 Å². The Hall–Kier alpha value is -1.10. The van der Waals surface area contributed by atoms with E-state index in [1.807, 2.05) is 0 Å². The predicted molar refractivity (Wildman–Crippen MR) is 120 cm³/mol. The van der Waals surface area contributed by atoms with Crippen LogP contribution in [0.5, 0.6) is 0 Å². The maximum atomic E-state index is 11.6. The number of rotatable bonds is 22. The van der Waals surface area contributed by atoms with Crippen LogP contribution in [0.2, 0.25) is 0 Å². The van der Waals surface area contributed by atoms with Gasteiger partial charge in [-0.05, 0) is 12.8 Å². The molecule has 5 heteroatoms. The highest BCUT2D eigenvalue weighted by atomic mass is 16.5. The molecule has 29 heavy (non-hydrogen) atoms. The molecule has 0 spiro atoms. The first-order valence-electron chi connectivity index (χ1n) is 12.2. The zero-order chi connectivity index (χ0) is 21.4. The van der Waals surface area contributed by atoms with Crippen LogP contribution in [0.15, 0.2) is 0 Å². The van der Waals surface area contributed by atoms with Gasteiger partial charge < -0.3 is 9.47 Å². The van der Waals surface area contributed by atoms with Crippen LogP contribution in [-0.4, -0.2) is 38.2 Å². The second kappa shape index (κ2) is 23.2. The normalized spacial score (nSPS) is 10.8. The summed E-state index contributed by atoms with van der Waals surface area (Å²) in [4.78, 5) is 23.2. The number of carbonyl (C=O) groups excluding carboxylic acids is 2. The lowest BCUT2D eigenvalue weighted by molar-refractivity contribution is -0.144. The van der Waals surface area contributed by atoms with Crippen LogP contribution in [0.4, 0.5) is 0 Å². The van der Waals surface area contributed by atoms with Crippen LogP contribution >= 0.6 is 0 Å². The molecule has 0 aromatic rings. The Bertz CT molecular complexity index is 340. The largest absolute Gasteiger partial charge is 0.465 e. The van der Waals surface area contributed by atoms with Gasteiger partial charge in [-0.2, -0.15) is 0 Å². The van der Waals surface area contributed by atoms with Gasteiger partial charge in [0.2, 0.25) is 0 Å². The minimum Gasteiger partial charge on any atom is -0.465 e.